The molecule has 1 amide bonds. The van der Waals surface area contributed by atoms with Crippen LogP contribution in [0.1, 0.15) is 46.3 Å². The predicted molar refractivity (Wildman–Crippen MR) is 113 cm³/mol. The number of carbonyl (C=O) groups is 1. The lowest BCUT2D eigenvalue weighted by molar-refractivity contribution is -0.137. The molecule has 1 aliphatic carbocycles. The van der Waals surface area contributed by atoms with Gasteiger partial charge in [-0.05, 0) is 43.0 Å². The first-order valence-corrected chi connectivity index (χ1v) is 11.4. The van der Waals surface area contributed by atoms with Crippen molar-refractivity contribution in [2.45, 2.75) is 44.3 Å². The molecule has 1 fully saturated rings. The van der Waals surface area contributed by atoms with Gasteiger partial charge in [-0.3, -0.25) is 14.4 Å². The number of carbonyl (C=O) groups excluding carboxylic acids is 1. The fraction of sp³-hybridized carbons (Fsp3) is 0.565. The van der Waals surface area contributed by atoms with Gasteiger partial charge in [0.25, 0.3) is 5.91 Å². The summed E-state index contributed by atoms with van der Waals surface area (Å²) < 4.78 is 67.0. The molecule has 1 N–H and O–H groups in total. The van der Waals surface area contributed by atoms with Crippen LogP contribution in [0.25, 0.3) is 0 Å². The van der Waals surface area contributed by atoms with Gasteiger partial charge in [-0.25, -0.2) is 4.39 Å². The van der Waals surface area contributed by atoms with Crippen LogP contribution in [-0.2, 0) is 24.0 Å². The van der Waals surface area contributed by atoms with Gasteiger partial charge in [0.1, 0.15) is 12.4 Å². The summed E-state index contributed by atoms with van der Waals surface area (Å²) in [6, 6.07) is 3.23. The Bertz CT molecular complexity index is 1050. The summed E-state index contributed by atoms with van der Waals surface area (Å²) in [6.45, 7) is 4.11. The first-order valence-electron chi connectivity index (χ1n) is 11.4. The summed E-state index contributed by atoms with van der Waals surface area (Å²) in [6.07, 6.45) is -3.92. The molecule has 0 radical (unpaired) electrons. The number of fused-ring (bicyclic) bond motifs is 2. The number of benzene rings is 1. The minimum Gasteiger partial charge on any atom is -0.491 e. The average molecular weight is 482 g/mol. The third-order valence-corrected chi connectivity index (χ3v) is 6.43. The summed E-state index contributed by atoms with van der Waals surface area (Å²) in [4.78, 5) is 15.0. The second-order valence-electron chi connectivity index (χ2n) is 9.08. The lowest BCUT2D eigenvalue weighted by Crippen LogP contribution is -2.44. The molecule has 1 aromatic carbocycles. The molecule has 7 nitrogen and oxygen atoms in total. The van der Waals surface area contributed by atoms with Gasteiger partial charge < -0.3 is 14.8 Å². The predicted octanol–water partition coefficient (Wildman–Crippen LogP) is 3.35. The van der Waals surface area contributed by atoms with Gasteiger partial charge >= 0.3 is 6.18 Å². The molecule has 0 saturated heterocycles. The Kier molecular flexibility index (Phi) is 6.24. The fourth-order valence-electron chi connectivity index (χ4n) is 4.26. The van der Waals surface area contributed by atoms with E-state index in [1.807, 2.05) is 0 Å². The number of aromatic nitrogens is 2. The van der Waals surface area contributed by atoms with Gasteiger partial charge in [0.2, 0.25) is 0 Å². The molecule has 2 aromatic rings. The SMILES string of the molecule is O=C(N[C@H]1COc2ccc(C(F)(F)F)cc2C1F)c1cc2n(n1)CCN(CCOCC1CC1)C2. The van der Waals surface area contributed by atoms with Crippen LogP contribution >= 0.6 is 0 Å². The van der Waals surface area contributed by atoms with Crippen molar-refractivity contribution in [3.8, 4) is 5.75 Å². The van der Waals surface area contributed by atoms with E-state index in [1.54, 1.807) is 10.7 Å². The molecule has 34 heavy (non-hydrogen) atoms. The highest BCUT2D eigenvalue weighted by atomic mass is 19.4. The summed E-state index contributed by atoms with van der Waals surface area (Å²) in [7, 11) is 0. The Morgan fingerprint density at radius 1 is 1.24 bits per heavy atom. The van der Waals surface area contributed by atoms with E-state index in [0.29, 0.717) is 19.7 Å². The number of nitrogens with zero attached hydrogens (tertiary/aromatic N) is 3. The molecule has 0 bridgehead atoms. The molecular weight excluding hydrogens is 456 g/mol. The Hall–Kier alpha value is -2.66. The highest BCUT2D eigenvalue weighted by Crippen LogP contribution is 2.39. The number of rotatable bonds is 7. The lowest BCUT2D eigenvalue weighted by Gasteiger charge is -2.29. The van der Waals surface area contributed by atoms with E-state index in [2.05, 4.69) is 15.3 Å². The van der Waals surface area contributed by atoms with E-state index in [9.17, 15) is 18.0 Å². The Balaban J connectivity index is 1.19. The molecule has 1 aromatic heterocycles. The first kappa shape index (κ1) is 23.1. The number of nitrogens with one attached hydrogen (secondary N) is 1. The van der Waals surface area contributed by atoms with Crippen molar-refractivity contribution in [1.82, 2.24) is 20.0 Å². The maximum atomic E-state index is 15.1. The molecule has 5 rings (SSSR count). The van der Waals surface area contributed by atoms with Crippen molar-refractivity contribution in [1.29, 1.82) is 0 Å². The van der Waals surface area contributed by atoms with Crippen LogP contribution in [-0.4, -0.2) is 59.5 Å². The second-order valence-corrected chi connectivity index (χ2v) is 9.08. The van der Waals surface area contributed by atoms with Gasteiger partial charge in [-0.15, -0.1) is 0 Å². The molecule has 3 aliphatic rings. The van der Waals surface area contributed by atoms with Crippen LogP contribution in [0.2, 0.25) is 0 Å². The lowest BCUT2D eigenvalue weighted by atomic mass is 9.98. The van der Waals surface area contributed by atoms with Crippen LogP contribution in [0.3, 0.4) is 0 Å². The summed E-state index contributed by atoms with van der Waals surface area (Å²) >= 11 is 0. The van der Waals surface area contributed by atoms with Crippen LogP contribution in [0.4, 0.5) is 17.6 Å². The van der Waals surface area contributed by atoms with E-state index in [1.165, 1.54) is 12.8 Å². The van der Waals surface area contributed by atoms with Crippen molar-refractivity contribution < 1.29 is 31.8 Å². The van der Waals surface area contributed by atoms with Crippen molar-refractivity contribution in [3.63, 3.8) is 0 Å². The molecule has 1 saturated carbocycles. The first-order chi connectivity index (χ1) is 16.3. The summed E-state index contributed by atoms with van der Waals surface area (Å²) in [5.41, 5.74) is -0.178. The molecule has 0 spiro atoms. The second kappa shape index (κ2) is 9.18. The molecule has 184 valence electrons. The third-order valence-electron chi connectivity index (χ3n) is 6.43. The number of amides is 1. The largest absolute Gasteiger partial charge is 0.491 e. The van der Waals surface area contributed by atoms with Crippen LogP contribution in [0.5, 0.6) is 5.75 Å². The molecule has 2 aliphatic heterocycles. The normalized spacial score (nSPS) is 22.6. The minimum absolute atomic E-state index is 0.0460. The van der Waals surface area contributed by atoms with E-state index >= 15 is 4.39 Å². The zero-order valence-electron chi connectivity index (χ0n) is 18.5. The van der Waals surface area contributed by atoms with Crippen molar-refractivity contribution >= 4 is 5.91 Å². The van der Waals surface area contributed by atoms with Gasteiger partial charge in [-0.2, -0.15) is 18.3 Å². The number of alkyl halides is 4. The van der Waals surface area contributed by atoms with Crippen LogP contribution in [0.15, 0.2) is 24.3 Å². The monoisotopic (exact) mass is 482 g/mol. The molecular formula is C23H26F4N4O3. The highest BCUT2D eigenvalue weighted by Gasteiger charge is 2.37. The molecule has 11 heteroatoms. The van der Waals surface area contributed by atoms with Crippen LogP contribution < -0.4 is 10.1 Å². The van der Waals surface area contributed by atoms with Crippen LogP contribution in [0, 0.1) is 5.92 Å². The van der Waals surface area contributed by atoms with E-state index in [-0.39, 0.29) is 23.6 Å². The zero-order valence-corrected chi connectivity index (χ0v) is 18.5. The van der Waals surface area contributed by atoms with E-state index in [0.717, 1.165) is 49.5 Å². The average Bonchev–Trinajstić information content (AvgIpc) is 3.53. The molecule has 3 heterocycles. The summed E-state index contributed by atoms with van der Waals surface area (Å²) in [5.74, 6) is 0.181. The summed E-state index contributed by atoms with van der Waals surface area (Å²) in [5, 5.41) is 6.86. The molecule has 1 unspecified atom stereocenters. The quantitative estimate of drug-likeness (QED) is 0.484. The fourth-order valence-corrected chi connectivity index (χ4v) is 4.26. The van der Waals surface area contributed by atoms with Crippen molar-refractivity contribution in [2.75, 3.05) is 32.9 Å². The Labute approximate surface area is 194 Å². The molecule has 2 atom stereocenters. The maximum Gasteiger partial charge on any atom is 0.416 e. The maximum absolute atomic E-state index is 15.1. The van der Waals surface area contributed by atoms with Gasteiger partial charge in [0, 0.05) is 31.8 Å². The van der Waals surface area contributed by atoms with Crippen molar-refractivity contribution in [2.24, 2.45) is 5.92 Å². The number of ether oxygens (including phenoxy) is 2. The zero-order chi connectivity index (χ0) is 23.9. The van der Waals surface area contributed by atoms with E-state index < -0.39 is 29.9 Å². The van der Waals surface area contributed by atoms with Gasteiger partial charge in [0.05, 0.1) is 30.5 Å². The smallest absolute Gasteiger partial charge is 0.416 e. The third kappa shape index (κ3) is 5.05. The van der Waals surface area contributed by atoms with Gasteiger partial charge in [-0.1, -0.05) is 0 Å². The van der Waals surface area contributed by atoms with Crippen molar-refractivity contribution in [3.05, 3.63) is 46.8 Å². The number of hydrogen-bond acceptors (Lipinski definition) is 5. The Morgan fingerprint density at radius 3 is 2.82 bits per heavy atom. The van der Waals surface area contributed by atoms with E-state index in [4.69, 9.17) is 9.47 Å². The number of hydrogen-bond donors (Lipinski definition) is 1. The standard InChI is InChI=1S/C23H26F4N4O3/c24-21-17-9-15(23(25,26)27)3-4-20(17)34-13-19(21)28-22(32)18-10-16-11-30(5-6-31(16)29-18)7-8-33-12-14-1-2-14/h3-4,9-10,14,19,21H,1-2,5-8,11-13H2,(H,28,32)/t19-,21?/m0/s1. The minimum atomic E-state index is -4.60. The van der Waals surface area contributed by atoms with Gasteiger partial charge in [0.15, 0.2) is 11.9 Å². The topological polar surface area (TPSA) is 68.6 Å². The Morgan fingerprint density at radius 2 is 2.06 bits per heavy atom. The number of halogens is 4. The highest BCUT2D eigenvalue weighted by molar-refractivity contribution is 5.92.